The van der Waals surface area contributed by atoms with Gasteiger partial charge in [-0.15, -0.1) is 0 Å². The zero-order valence-corrected chi connectivity index (χ0v) is 8.69. The topological polar surface area (TPSA) is 35.2 Å². The van der Waals surface area contributed by atoms with E-state index in [9.17, 15) is 4.39 Å². The number of benzene rings is 2. The second-order valence-corrected chi connectivity index (χ2v) is 3.42. The lowest BCUT2D eigenvalue weighted by atomic mass is 10.2. The minimum absolute atomic E-state index is 0.241. The summed E-state index contributed by atoms with van der Waals surface area (Å²) in [6, 6.07) is 13.7. The molecule has 0 aliphatic heterocycles. The lowest BCUT2D eigenvalue weighted by Gasteiger charge is -2.08. The third-order valence-corrected chi connectivity index (χ3v) is 2.27. The smallest absolute Gasteiger partial charge is 0.165 e. The number of rotatable bonds is 3. The summed E-state index contributed by atoms with van der Waals surface area (Å²) in [7, 11) is 0. The molecule has 0 aliphatic carbocycles. The molecular formula is C13H12FNO. The number of nitrogen functional groups attached to an aromatic ring is 1. The van der Waals surface area contributed by atoms with Gasteiger partial charge in [-0.25, -0.2) is 4.39 Å². The van der Waals surface area contributed by atoms with Crippen molar-refractivity contribution in [1.29, 1.82) is 0 Å². The largest absolute Gasteiger partial charge is 0.486 e. The first-order chi connectivity index (χ1) is 7.77. The number of nitrogens with two attached hydrogens (primary N) is 1. The first kappa shape index (κ1) is 10.5. The van der Waals surface area contributed by atoms with Crippen LogP contribution in [0, 0.1) is 5.82 Å². The minimum Gasteiger partial charge on any atom is -0.486 e. The average molecular weight is 217 g/mol. The first-order valence-corrected chi connectivity index (χ1v) is 4.98. The van der Waals surface area contributed by atoms with Gasteiger partial charge in [0.05, 0.1) is 0 Å². The molecule has 0 aliphatic rings. The molecule has 0 atom stereocenters. The van der Waals surface area contributed by atoms with E-state index >= 15 is 0 Å². The SMILES string of the molecule is Nc1ccccc1COc1ccccc1F. The first-order valence-electron chi connectivity index (χ1n) is 4.98. The van der Waals surface area contributed by atoms with Crippen LogP contribution in [0.15, 0.2) is 48.5 Å². The van der Waals surface area contributed by atoms with Crippen molar-refractivity contribution >= 4 is 5.69 Å². The van der Waals surface area contributed by atoms with Gasteiger partial charge in [0.1, 0.15) is 6.61 Å². The number of halogens is 1. The van der Waals surface area contributed by atoms with E-state index in [-0.39, 0.29) is 18.2 Å². The highest BCUT2D eigenvalue weighted by Crippen LogP contribution is 2.18. The Kier molecular flexibility index (Phi) is 3.05. The molecule has 82 valence electrons. The van der Waals surface area contributed by atoms with Crippen LogP contribution >= 0.6 is 0 Å². The molecule has 0 bridgehead atoms. The van der Waals surface area contributed by atoms with E-state index in [0.29, 0.717) is 5.69 Å². The van der Waals surface area contributed by atoms with Gasteiger partial charge in [0.25, 0.3) is 0 Å². The van der Waals surface area contributed by atoms with Crippen molar-refractivity contribution in [2.24, 2.45) is 0 Å². The Bertz CT molecular complexity index is 439. The maximum Gasteiger partial charge on any atom is 0.165 e. The zero-order valence-electron chi connectivity index (χ0n) is 8.69. The molecule has 16 heavy (non-hydrogen) atoms. The van der Waals surface area contributed by atoms with E-state index in [0.717, 1.165) is 5.56 Å². The summed E-state index contributed by atoms with van der Waals surface area (Å²) in [6.45, 7) is 0.271. The van der Waals surface area contributed by atoms with Crippen molar-refractivity contribution in [2.45, 2.75) is 6.61 Å². The van der Waals surface area contributed by atoms with E-state index in [2.05, 4.69) is 0 Å². The van der Waals surface area contributed by atoms with Crippen LogP contribution in [0.5, 0.6) is 5.75 Å². The number of ether oxygens (including phenoxy) is 1. The predicted octanol–water partition coefficient (Wildman–Crippen LogP) is 2.99. The second kappa shape index (κ2) is 4.66. The monoisotopic (exact) mass is 217 g/mol. The van der Waals surface area contributed by atoms with E-state index in [1.165, 1.54) is 6.07 Å². The van der Waals surface area contributed by atoms with E-state index in [1.807, 2.05) is 18.2 Å². The minimum atomic E-state index is -0.364. The Labute approximate surface area is 93.5 Å². The van der Waals surface area contributed by atoms with Gasteiger partial charge in [0.15, 0.2) is 11.6 Å². The lowest BCUT2D eigenvalue weighted by Crippen LogP contribution is -2.00. The van der Waals surface area contributed by atoms with Gasteiger partial charge in [-0.1, -0.05) is 30.3 Å². The molecule has 0 heterocycles. The number of para-hydroxylation sites is 2. The number of anilines is 1. The maximum absolute atomic E-state index is 13.2. The van der Waals surface area contributed by atoms with Gasteiger partial charge in [0.2, 0.25) is 0 Å². The fraction of sp³-hybridized carbons (Fsp3) is 0.0769. The molecule has 2 nitrogen and oxygen atoms in total. The summed E-state index contributed by atoms with van der Waals surface area (Å²) >= 11 is 0. The van der Waals surface area contributed by atoms with Crippen molar-refractivity contribution < 1.29 is 9.13 Å². The van der Waals surface area contributed by atoms with Crippen LogP contribution in [0.4, 0.5) is 10.1 Å². The Morgan fingerprint density at radius 3 is 2.44 bits per heavy atom. The summed E-state index contributed by atoms with van der Waals surface area (Å²) in [6.07, 6.45) is 0. The molecule has 0 saturated carbocycles. The van der Waals surface area contributed by atoms with Gasteiger partial charge in [-0.2, -0.15) is 0 Å². The molecule has 0 fully saturated rings. The highest BCUT2D eigenvalue weighted by Gasteiger charge is 2.03. The van der Waals surface area contributed by atoms with Crippen molar-refractivity contribution in [2.75, 3.05) is 5.73 Å². The molecule has 2 aromatic rings. The molecule has 0 unspecified atom stereocenters. The molecule has 2 aromatic carbocycles. The molecule has 0 aromatic heterocycles. The van der Waals surface area contributed by atoms with Gasteiger partial charge in [-0.05, 0) is 18.2 Å². The van der Waals surface area contributed by atoms with E-state index in [1.54, 1.807) is 24.3 Å². The number of hydrogen-bond acceptors (Lipinski definition) is 2. The molecule has 0 spiro atoms. The lowest BCUT2D eigenvalue weighted by molar-refractivity contribution is 0.291. The van der Waals surface area contributed by atoms with Crippen molar-refractivity contribution in [1.82, 2.24) is 0 Å². The Balaban J connectivity index is 2.09. The molecule has 2 N–H and O–H groups in total. The van der Waals surface area contributed by atoms with Crippen LogP contribution in [0.2, 0.25) is 0 Å². The van der Waals surface area contributed by atoms with Gasteiger partial charge in [0, 0.05) is 11.3 Å². The Hall–Kier alpha value is -2.03. The summed E-state index contributed by atoms with van der Waals surface area (Å²) < 4.78 is 18.6. The molecule has 0 amide bonds. The van der Waals surface area contributed by atoms with Gasteiger partial charge >= 0.3 is 0 Å². The van der Waals surface area contributed by atoms with Crippen LogP contribution in [0.25, 0.3) is 0 Å². The van der Waals surface area contributed by atoms with E-state index < -0.39 is 0 Å². The highest BCUT2D eigenvalue weighted by atomic mass is 19.1. The van der Waals surface area contributed by atoms with E-state index in [4.69, 9.17) is 10.5 Å². The van der Waals surface area contributed by atoms with Crippen molar-refractivity contribution in [3.05, 3.63) is 59.9 Å². The maximum atomic E-state index is 13.2. The number of hydrogen-bond donors (Lipinski definition) is 1. The van der Waals surface area contributed by atoms with Gasteiger partial charge in [-0.3, -0.25) is 0 Å². The predicted molar refractivity (Wildman–Crippen MR) is 61.6 cm³/mol. The van der Waals surface area contributed by atoms with Gasteiger partial charge < -0.3 is 10.5 Å². The van der Waals surface area contributed by atoms with Crippen molar-refractivity contribution in [3.8, 4) is 5.75 Å². The normalized spacial score (nSPS) is 10.1. The third-order valence-electron chi connectivity index (χ3n) is 2.27. The van der Waals surface area contributed by atoms with Crippen LogP contribution < -0.4 is 10.5 Å². The summed E-state index contributed by atoms with van der Waals surface area (Å²) in [5, 5.41) is 0. The Morgan fingerprint density at radius 2 is 1.69 bits per heavy atom. The van der Waals surface area contributed by atoms with Crippen LogP contribution in [0.3, 0.4) is 0 Å². The average Bonchev–Trinajstić information content (AvgIpc) is 2.30. The molecule has 0 radical (unpaired) electrons. The third kappa shape index (κ3) is 2.31. The summed E-state index contributed by atoms with van der Waals surface area (Å²) in [4.78, 5) is 0. The van der Waals surface area contributed by atoms with Crippen LogP contribution in [-0.2, 0) is 6.61 Å². The standard InChI is InChI=1S/C13H12FNO/c14-11-6-2-4-8-13(11)16-9-10-5-1-3-7-12(10)15/h1-8H,9,15H2. The zero-order chi connectivity index (χ0) is 11.4. The van der Waals surface area contributed by atoms with Crippen molar-refractivity contribution in [3.63, 3.8) is 0 Å². The quantitative estimate of drug-likeness (QED) is 0.802. The molecule has 0 saturated heterocycles. The molecular weight excluding hydrogens is 205 g/mol. The van der Waals surface area contributed by atoms with Crippen LogP contribution in [0.1, 0.15) is 5.56 Å². The highest BCUT2D eigenvalue weighted by molar-refractivity contribution is 5.46. The fourth-order valence-electron chi connectivity index (χ4n) is 1.38. The molecule has 2 rings (SSSR count). The fourth-order valence-corrected chi connectivity index (χ4v) is 1.38. The summed E-state index contributed by atoms with van der Waals surface area (Å²) in [5.41, 5.74) is 7.25. The second-order valence-electron chi connectivity index (χ2n) is 3.42. The summed E-state index contributed by atoms with van der Waals surface area (Å²) in [5.74, 6) is -0.122. The molecule has 3 heteroatoms. The Morgan fingerprint density at radius 1 is 1.00 bits per heavy atom. The van der Waals surface area contributed by atoms with Crippen LogP contribution in [-0.4, -0.2) is 0 Å².